The van der Waals surface area contributed by atoms with E-state index in [1.807, 2.05) is 17.9 Å². The molecule has 0 aromatic carbocycles. The smallest absolute Gasteiger partial charge is 0.222 e. The van der Waals surface area contributed by atoms with Crippen molar-refractivity contribution in [3.63, 3.8) is 0 Å². The normalized spacial score (nSPS) is 18.7. The summed E-state index contributed by atoms with van der Waals surface area (Å²) >= 11 is 5.07. The number of halogens is 1. The third kappa shape index (κ3) is 2.64. The predicted molar refractivity (Wildman–Crippen MR) is 84.0 cm³/mol. The van der Waals surface area contributed by atoms with Crippen LogP contribution in [0.5, 0.6) is 0 Å². The lowest BCUT2D eigenvalue weighted by Crippen LogP contribution is -2.31. The molecule has 0 radical (unpaired) electrons. The standard InChI is InChI=1S/C13H15BrN4OS/c1-2-11(19)18-4-3-8(6-18)17-12-9-5-10(14)20-13(9)16-7-15-12/h5,7-8H,2-4,6H2,1H3,(H,15,16,17)/t8-/m0/s1. The van der Waals surface area contributed by atoms with Crippen LogP contribution in [0.3, 0.4) is 0 Å². The summed E-state index contributed by atoms with van der Waals surface area (Å²) in [5.74, 6) is 1.08. The average molecular weight is 355 g/mol. The Kier molecular flexibility index (Phi) is 3.89. The quantitative estimate of drug-likeness (QED) is 0.920. The first-order valence-corrected chi connectivity index (χ1v) is 8.22. The second kappa shape index (κ2) is 5.65. The van der Waals surface area contributed by atoms with Crippen LogP contribution in [0.25, 0.3) is 10.2 Å². The van der Waals surface area contributed by atoms with Crippen LogP contribution in [0.2, 0.25) is 0 Å². The maximum absolute atomic E-state index is 11.7. The number of thiophene rings is 1. The molecule has 1 amide bonds. The minimum atomic E-state index is 0.223. The topological polar surface area (TPSA) is 58.1 Å². The van der Waals surface area contributed by atoms with Gasteiger partial charge in [0.15, 0.2) is 0 Å². The summed E-state index contributed by atoms with van der Waals surface area (Å²) in [5, 5.41) is 4.48. The Labute approximate surface area is 129 Å². The summed E-state index contributed by atoms with van der Waals surface area (Å²) in [5.41, 5.74) is 0. The van der Waals surface area contributed by atoms with Crippen LogP contribution >= 0.6 is 27.3 Å². The molecule has 1 saturated heterocycles. The van der Waals surface area contributed by atoms with Gasteiger partial charge < -0.3 is 10.2 Å². The fourth-order valence-corrected chi connectivity index (χ4v) is 3.88. The molecule has 0 aliphatic carbocycles. The molecule has 0 saturated carbocycles. The lowest BCUT2D eigenvalue weighted by molar-refractivity contribution is -0.129. The maximum atomic E-state index is 11.7. The van der Waals surface area contributed by atoms with E-state index < -0.39 is 0 Å². The fourth-order valence-electron chi connectivity index (χ4n) is 2.46. The second-order valence-electron chi connectivity index (χ2n) is 4.81. The van der Waals surface area contributed by atoms with Gasteiger partial charge in [0, 0.05) is 25.6 Å². The van der Waals surface area contributed by atoms with E-state index in [9.17, 15) is 4.79 Å². The monoisotopic (exact) mass is 354 g/mol. The second-order valence-corrected chi connectivity index (χ2v) is 7.22. The van der Waals surface area contributed by atoms with Crippen molar-refractivity contribution in [3.8, 4) is 0 Å². The van der Waals surface area contributed by atoms with Crippen LogP contribution in [0.15, 0.2) is 16.2 Å². The molecule has 0 unspecified atom stereocenters. The van der Waals surface area contributed by atoms with E-state index in [2.05, 4.69) is 31.2 Å². The molecule has 2 aromatic heterocycles. The van der Waals surface area contributed by atoms with Crippen LogP contribution in [0.4, 0.5) is 5.82 Å². The highest BCUT2D eigenvalue weighted by molar-refractivity contribution is 9.11. The number of nitrogens with one attached hydrogen (secondary N) is 1. The number of rotatable bonds is 3. The van der Waals surface area contributed by atoms with Crippen LogP contribution in [0, 0.1) is 0 Å². The molecule has 0 bridgehead atoms. The van der Waals surface area contributed by atoms with E-state index in [0.29, 0.717) is 6.42 Å². The number of hydrogen-bond donors (Lipinski definition) is 1. The van der Waals surface area contributed by atoms with E-state index >= 15 is 0 Å². The third-order valence-corrected chi connectivity index (χ3v) is 5.03. The molecular formula is C13H15BrN4OS. The maximum Gasteiger partial charge on any atom is 0.222 e. The van der Waals surface area contributed by atoms with Crippen molar-refractivity contribution in [3.05, 3.63) is 16.2 Å². The van der Waals surface area contributed by atoms with E-state index in [1.165, 1.54) is 0 Å². The zero-order valence-electron chi connectivity index (χ0n) is 11.1. The van der Waals surface area contributed by atoms with Crippen molar-refractivity contribution in [2.75, 3.05) is 18.4 Å². The molecule has 7 heteroatoms. The van der Waals surface area contributed by atoms with Crippen molar-refractivity contribution in [1.82, 2.24) is 14.9 Å². The van der Waals surface area contributed by atoms with Crippen molar-refractivity contribution in [2.45, 2.75) is 25.8 Å². The van der Waals surface area contributed by atoms with E-state index in [4.69, 9.17) is 0 Å². The average Bonchev–Trinajstić information content (AvgIpc) is 3.04. The molecule has 106 valence electrons. The minimum absolute atomic E-state index is 0.223. The number of carbonyl (C=O) groups is 1. The molecule has 5 nitrogen and oxygen atoms in total. The highest BCUT2D eigenvalue weighted by Crippen LogP contribution is 2.32. The number of hydrogen-bond acceptors (Lipinski definition) is 5. The number of fused-ring (bicyclic) bond motifs is 1. The number of amides is 1. The lowest BCUT2D eigenvalue weighted by atomic mass is 10.2. The molecular weight excluding hydrogens is 340 g/mol. The first-order valence-electron chi connectivity index (χ1n) is 6.61. The first-order chi connectivity index (χ1) is 9.67. The number of aromatic nitrogens is 2. The van der Waals surface area contributed by atoms with Crippen molar-refractivity contribution in [2.24, 2.45) is 0 Å². The molecule has 3 heterocycles. The lowest BCUT2D eigenvalue weighted by Gasteiger charge is -2.16. The summed E-state index contributed by atoms with van der Waals surface area (Å²) in [4.78, 5) is 23.2. The zero-order valence-corrected chi connectivity index (χ0v) is 13.5. The van der Waals surface area contributed by atoms with Gasteiger partial charge in [-0.3, -0.25) is 4.79 Å². The SMILES string of the molecule is CCC(=O)N1CC[C@H](Nc2ncnc3sc(Br)cc23)C1. The summed E-state index contributed by atoms with van der Waals surface area (Å²) in [6.07, 6.45) is 3.11. The van der Waals surface area contributed by atoms with Crippen molar-refractivity contribution < 1.29 is 4.79 Å². The van der Waals surface area contributed by atoms with E-state index in [1.54, 1.807) is 17.7 Å². The van der Waals surface area contributed by atoms with E-state index in [-0.39, 0.29) is 11.9 Å². The van der Waals surface area contributed by atoms with Gasteiger partial charge in [-0.15, -0.1) is 11.3 Å². The third-order valence-electron chi connectivity index (χ3n) is 3.48. The molecule has 20 heavy (non-hydrogen) atoms. The largest absolute Gasteiger partial charge is 0.365 e. The van der Waals surface area contributed by atoms with E-state index in [0.717, 1.165) is 39.3 Å². The molecule has 0 spiro atoms. The number of likely N-dealkylation sites (tertiary alicyclic amines) is 1. The highest BCUT2D eigenvalue weighted by atomic mass is 79.9. The summed E-state index contributed by atoms with van der Waals surface area (Å²) in [7, 11) is 0. The predicted octanol–water partition coefficient (Wildman–Crippen LogP) is 2.88. The molecule has 3 rings (SSSR count). The van der Waals surface area contributed by atoms with Gasteiger partial charge in [0.25, 0.3) is 0 Å². The Morgan fingerprint density at radius 3 is 3.25 bits per heavy atom. The van der Waals surface area contributed by atoms with Crippen LogP contribution in [-0.4, -0.2) is 39.9 Å². The van der Waals surface area contributed by atoms with Gasteiger partial charge in [-0.05, 0) is 28.4 Å². The number of carbonyl (C=O) groups excluding carboxylic acids is 1. The van der Waals surface area contributed by atoms with Crippen LogP contribution in [-0.2, 0) is 4.79 Å². The van der Waals surface area contributed by atoms with Gasteiger partial charge in [-0.25, -0.2) is 9.97 Å². The van der Waals surface area contributed by atoms with Gasteiger partial charge in [-0.2, -0.15) is 0 Å². The van der Waals surface area contributed by atoms with Gasteiger partial charge in [-0.1, -0.05) is 6.92 Å². The van der Waals surface area contributed by atoms with Crippen molar-refractivity contribution >= 4 is 49.2 Å². The van der Waals surface area contributed by atoms with Crippen LogP contribution < -0.4 is 5.32 Å². The number of nitrogens with zero attached hydrogens (tertiary/aromatic N) is 3. The molecule has 1 fully saturated rings. The van der Waals surface area contributed by atoms with Gasteiger partial charge in [0.05, 0.1) is 9.17 Å². The first kappa shape index (κ1) is 13.8. The fraction of sp³-hybridized carbons (Fsp3) is 0.462. The molecule has 1 atom stereocenters. The summed E-state index contributed by atoms with van der Waals surface area (Å²) in [6.45, 7) is 3.48. The Morgan fingerprint density at radius 1 is 1.60 bits per heavy atom. The summed E-state index contributed by atoms with van der Waals surface area (Å²) in [6, 6.07) is 2.30. The van der Waals surface area contributed by atoms with Gasteiger partial charge >= 0.3 is 0 Å². The van der Waals surface area contributed by atoms with Crippen LogP contribution in [0.1, 0.15) is 19.8 Å². The van der Waals surface area contributed by atoms with Crippen molar-refractivity contribution in [1.29, 1.82) is 0 Å². The Morgan fingerprint density at radius 2 is 2.45 bits per heavy atom. The molecule has 1 N–H and O–H groups in total. The van der Waals surface area contributed by atoms with Gasteiger partial charge in [0.1, 0.15) is 17.0 Å². The molecule has 1 aliphatic heterocycles. The minimum Gasteiger partial charge on any atom is -0.365 e. The zero-order chi connectivity index (χ0) is 14.1. The van der Waals surface area contributed by atoms with Gasteiger partial charge in [0.2, 0.25) is 5.91 Å². The summed E-state index contributed by atoms with van der Waals surface area (Å²) < 4.78 is 1.05. The Hall–Kier alpha value is -1.21. The molecule has 1 aliphatic rings. The molecule has 2 aromatic rings. The Bertz CT molecular complexity index is 644. The number of anilines is 1. The Balaban J connectivity index is 1.76. The highest BCUT2D eigenvalue weighted by Gasteiger charge is 2.25.